The van der Waals surface area contributed by atoms with E-state index < -0.39 is 5.97 Å². The molecule has 5 heteroatoms. The summed E-state index contributed by atoms with van der Waals surface area (Å²) in [4.78, 5) is 25.1. The number of hydrogen-bond acceptors (Lipinski definition) is 3. The van der Waals surface area contributed by atoms with Crippen molar-refractivity contribution in [2.75, 3.05) is 0 Å². The molecule has 0 unspecified atom stereocenters. The van der Waals surface area contributed by atoms with Crippen molar-refractivity contribution >= 4 is 12.4 Å². The normalized spacial score (nSPS) is 9.43. The number of carbonyl (C=O) groups excluding carboxylic acids is 1. The maximum absolute atomic E-state index is 10.6. The van der Waals surface area contributed by atoms with Crippen molar-refractivity contribution in [3.05, 3.63) is 35.4 Å². The standard InChI is InChI=1S/C9H9NO4/c11-6-10-14-5-7-2-1-3-8(4-7)9(12)13/h1-4,6H,5H2,(H,10,11)(H,12,13). The van der Waals surface area contributed by atoms with E-state index >= 15 is 0 Å². The van der Waals surface area contributed by atoms with Gasteiger partial charge in [-0.05, 0) is 17.7 Å². The van der Waals surface area contributed by atoms with Gasteiger partial charge in [-0.2, -0.15) is 0 Å². The highest BCUT2D eigenvalue weighted by Gasteiger charge is 2.02. The first-order chi connectivity index (χ1) is 6.74. The third kappa shape index (κ3) is 2.87. The molecule has 0 aromatic heterocycles. The van der Waals surface area contributed by atoms with Crippen molar-refractivity contribution in [1.29, 1.82) is 0 Å². The van der Waals surface area contributed by atoms with Crippen LogP contribution in [0.5, 0.6) is 0 Å². The highest BCUT2D eigenvalue weighted by atomic mass is 16.6. The molecule has 0 aliphatic heterocycles. The first-order valence-electron chi connectivity index (χ1n) is 3.87. The van der Waals surface area contributed by atoms with Crippen LogP contribution in [0.25, 0.3) is 0 Å². The maximum atomic E-state index is 10.6. The monoisotopic (exact) mass is 195 g/mol. The Hall–Kier alpha value is -1.88. The molecule has 14 heavy (non-hydrogen) atoms. The fourth-order valence-corrected chi connectivity index (χ4v) is 0.953. The van der Waals surface area contributed by atoms with Crippen molar-refractivity contribution in [1.82, 2.24) is 5.48 Å². The van der Waals surface area contributed by atoms with E-state index in [1.165, 1.54) is 12.1 Å². The molecular formula is C9H9NO4. The van der Waals surface area contributed by atoms with Crippen molar-refractivity contribution < 1.29 is 19.5 Å². The molecule has 5 nitrogen and oxygen atoms in total. The van der Waals surface area contributed by atoms with Crippen LogP contribution in [0.15, 0.2) is 24.3 Å². The molecule has 74 valence electrons. The summed E-state index contributed by atoms with van der Waals surface area (Å²) in [6.07, 6.45) is 0.404. The molecule has 0 atom stereocenters. The fraction of sp³-hybridized carbons (Fsp3) is 0.111. The number of hydroxylamine groups is 1. The van der Waals surface area contributed by atoms with E-state index in [2.05, 4.69) is 0 Å². The molecule has 0 saturated carbocycles. The number of hydrogen-bond donors (Lipinski definition) is 2. The zero-order chi connectivity index (χ0) is 10.4. The Morgan fingerprint density at radius 1 is 1.57 bits per heavy atom. The Balaban J connectivity index is 2.63. The van der Waals surface area contributed by atoms with Crippen LogP contribution < -0.4 is 5.48 Å². The summed E-state index contributed by atoms with van der Waals surface area (Å²) in [6.45, 7) is 0.139. The van der Waals surface area contributed by atoms with Crippen molar-refractivity contribution in [2.45, 2.75) is 6.61 Å². The molecule has 2 N–H and O–H groups in total. The molecule has 0 radical (unpaired) electrons. The smallest absolute Gasteiger partial charge is 0.335 e. The van der Waals surface area contributed by atoms with E-state index in [-0.39, 0.29) is 12.2 Å². The third-order valence-corrected chi connectivity index (χ3v) is 1.54. The zero-order valence-electron chi connectivity index (χ0n) is 7.27. The molecule has 0 heterocycles. The largest absolute Gasteiger partial charge is 0.478 e. The minimum Gasteiger partial charge on any atom is -0.478 e. The summed E-state index contributed by atoms with van der Waals surface area (Å²) in [7, 11) is 0. The van der Waals surface area contributed by atoms with E-state index in [4.69, 9.17) is 9.94 Å². The van der Waals surface area contributed by atoms with Crippen molar-refractivity contribution in [2.24, 2.45) is 0 Å². The van der Waals surface area contributed by atoms with E-state index in [0.29, 0.717) is 12.0 Å². The highest BCUT2D eigenvalue weighted by Crippen LogP contribution is 2.05. The number of carbonyl (C=O) groups is 2. The number of aromatic carboxylic acids is 1. The summed E-state index contributed by atoms with van der Waals surface area (Å²) in [5.74, 6) is -0.991. The number of benzene rings is 1. The van der Waals surface area contributed by atoms with Crippen molar-refractivity contribution in [3.63, 3.8) is 0 Å². The van der Waals surface area contributed by atoms with Gasteiger partial charge in [0.25, 0.3) is 0 Å². The Kier molecular flexibility index (Phi) is 3.63. The summed E-state index contributed by atoms with van der Waals surface area (Å²) < 4.78 is 0. The number of carboxylic acids is 1. The summed E-state index contributed by atoms with van der Waals surface area (Å²) >= 11 is 0. The van der Waals surface area contributed by atoms with Crippen LogP contribution in [0.2, 0.25) is 0 Å². The van der Waals surface area contributed by atoms with Gasteiger partial charge in [0.2, 0.25) is 6.41 Å². The maximum Gasteiger partial charge on any atom is 0.335 e. The van der Waals surface area contributed by atoms with Gasteiger partial charge < -0.3 is 5.11 Å². The molecule has 0 aliphatic carbocycles. The van der Waals surface area contributed by atoms with Crippen LogP contribution in [0.1, 0.15) is 15.9 Å². The molecule has 1 aromatic carbocycles. The Morgan fingerprint density at radius 2 is 2.36 bits per heavy atom. The lowest BCUT2D eigenvalue weighted by atomic mass is 10.1. The topological polar surface area (TPSA) is 75.6 Å². The minimum atomic E-state index is -0.991. The first-order valence-corrected chi connectivity index (χ1v) is 3.87. The predicted octanol–water partition coefficient (Wildman–Crippen LogP) is 0.562. The van der Waals surface area contributed by atoms with Crippen molar-refractivity contribution in [3.8, 4) is 0 Å². The fourth-order valence-electron chi connectivity index (χ4n) is 0.953. The SMILES string of the molecule is O=CNOCc1cccc(C(=O)O)c1. The average molecular weight is 195 g/mol. The zero-order valence-corrected chi connectivity index (χ0v) is 7.27. The van der Waals surface area contributed by atoms with E-state index in [0.717, 1.165) is 0 Å². The second-order valence-electron chi connectivity index (χ2n) is 2.53. The summed E-state index contributed by atoms with van der Waals surface area (Å²) in [6, 6.07) is 6.29. The van der Waals surface area contributed by atoms with Gasteiger partial charge >= 0.3 is 5.97 Å². The van der Waals surface area contributed by atoms with Crippen LogP contribution in [-0.2, 0) is 16.2 Å². The lowest BCUT2D eigenvalue weighted by Crippen LogP contribution is -2.11. The summed E-state index contributed by atoms with van der Waals surface area (Å²) in [5, 5.41) is 8.67. The molecule has 0 fully saturated rings. The van der Waals surface area contributed by atoms with Gasteiger partial charge in [-0.25, -0.2) is 10.3 Å². The predicted molar refractivity (Wildman–Crippen MR) is 47.4 cm³/mol. The number of rotatable bonds is 5. The summed E-state index contributed by atoms with van der Waals surface area (Å²) in [5.41, 5.74) is 2.89. The second kappa shape index (κ2) is 4.98. The third-order valence-electron chi connectivity index (χ3n) is 1.54. The lowest BCUT2D eigenvalue weighted by Gasteiger charge is -2.02. The van der Waals surface area contributed by atoms with Crippen LogP contribution in [0, 0.1) is 0 Å². The van der Waals surface area contributed by atoms with Crippen LogP contribution in [-0.4, -0.2) is 17.5 Å². The van der Waals surface area contributed by atoms with Gasteiger partial charge in [0.05, 0.1) is 12.2 Å². The Labute approximate surface area is 80.3 Å². The first kappa shape index (κ1) is 10.2. The van der Waals surface area contributed by atoms with E-state index in [1.54, 1.807) is 12.1 Å². The second-order valence-corrected chi connectivity index (χ2v) is 2.53. The highest BCUT2D eigenvalue weighted by molar-refractivity contribution is 5.87. The molecular weight excluding hydrogens is 186 g/mol. The molecule has 0 spiro atoms. The number of amides is 1. The molecule has 0 bridgehead atoms. The number of nitrogens with one attached hydrogen (secondary N) is 1. The molecule has 1 amide bonds. The van der Waals surface area contributed by atoms with Gasteiger partial charge in [-0.3, -0.25) is 9.63 Å². The quantitative estimate of drug-likeness (QED) is 0.409. The minimum absolute atomic E-state index is 0.139. The number of carboxylic acid groups (broad SMARTS) is 1. The van der Waals surface area contributed by atoms with Crippen LogP contribution in [0.3, 0.4) is 0 Å². The molecule has 1 rings (SSSR count). The van der Waals surface area contributed by atoms with E-state index in [1.807, 2.05) is 5.48 Å². The van der Waals surface area contributed by atoms with Crippen LogP contribution in [0.4, 0.5) is 0 Å². The Morgan fingerprint density at radius 3 is 3.00 bits per heavy atom. The van der Waals surface area contributed by atoms with Gasteiger partial charge in [-0.15, -0.1) is 0 Å². The molecule has 0 saturated heterocycles. The van der Waals surface area contributed by atoms with E-state index in [9.17, 15) is 9.59 Å². The van der Waals surface area contributed by atoms with Gasteiger partial charge in [0, 0.05) is 0 Å². The van der Waals surface area contributed by atoms with Gasteiger partial charge in [-0.1, -0.05) is 12.1 Å². The molecule has 1 aromatic rings. The lowest BCUT2D eigenvalue weighted by molar-refractivity contribution is -0.121. The molecule has 0 aliphatic rings. The van der Waals surface area contributed by atoms with Gasteiger partial charge in [0.15, 0.2) is 0 Å². The average Bonchev–Trinajstić information content (AvgIpc) is 2.19. The Bertz CT molecular complexity index is 337. The van der Waals surface area contributed by atoms with Gasteiger partial charge in [0.1, 0.15) is 0 Å². The van der Waals surface area contributed by atoms with Crippen LogP contribution >= 0.6 is 0 Å².